The molecule has 3 amide bonds. The summed E-state index contributed by atoms with van der Waals surface area (Å²) in [5.74, 6) is -1.80. The Hall–Kier alpha value is -3.01. The fraction of sp³-hybridized carbons (Fsp3) is 0.500. The van der Waals surface area contributed by atoms with E-state index in [0.29, 0.717) is 5.56 Å². The molecule has 0 spiro atoms. The maximum absolute atomic E-state index is 13.5. The number of amides is 3. The number of hydrogen-bond acceptors (Lipinski definition) is 7. The lowest BCUT2D eigenvalue weighted by Gasteiger charge is -2.33. The van der Waals surface area contributed by atoms with E-state index in [-0.39, 0.29) is 18.8 Å². The predicted molar refractivity (Wildman–Crippen MR) is 133 cm³/mol. The van der Waals surface area contributed by atoms with Gasteiger partial charge in [-0.05, 0) is 38.3 Å². The Bertz CT molecular complexity index is 866. The highest BCUT2D eigenvalue weighted by Crippen LogP contribution is 2.23. The van der Waals surface area contributed by atoms with Crippen LogP contribution < -0.4 is 10.6 Å². The van der Waals surface area contributed by atoms with Crippen molar-refractivity contribution in [3.05, 3.63) is 48.0 Å². The van der Waals surface area contributed by atoms with E-state index in [1.807, 2.05) is 19.1 Å². The maximum atomic E-state index is 13.5. The fourth-order valence-corrected chi connectivity index (χ4v) is 3.28. The minimum Gasteiger partial charge on any atom is -0.468 e. The van der Waals surface area contributed by atoms with Gasteiger partial charge in [0.25, 0.3) is 0 Å². The highest BCUT2D eigenvalue weighted by Gasteiger charge is 2.35. The van der Waals surface area contributed by atoms with Crippen molar-refractivity contribution < 1.29 is 28.7 Å². The van der Waals surface area contributed by atoms with E-state index in [9.17, 15) is 19.2 Å². The minimum atomic E-state index is -1.09. The summed E-state index contributed by atoms with van der Waals surface area (Å²) in [5, 5.41) is 5.03. The highest BCUT2D eigenvalue weighted by atomic mass is 32.1. The Morgan fingerprint density at radius 2 is 1.79 bits per heavy atom. The number of carbonyl (C=O) groups is 4. The molecule has 188 valence electrons. The van der Waals surface area contributed by atoms with Crippen molar-refractivity contribution in [2.45, 2.75) is 51.8 Å². The van der Waals surface area contributed by atoms with Gasteiger partial charge in [0, 0.05) is 12.3 Å². The first-order valence-corrected chi connectivity index (χ1v) is 11.6. The SMILES string of the molecule is C=CCN(C(=O)C(CS)NC(=O)OC(C)(C)C)C(C(=O)NCC(=O)OC)c1ccc(CC)cc1. The lowest BCUT2D eigenvalue weighted by Crippen LogP contribution is -2.54. The molecule has 1 aromatic carbocycles. The Kier molecular flexibility index (Phi) is 11.6. The molecule has 0 bridgehead atoms. The van der Waals surface area contributed by atoms with Crippen LogP contribution in [0.5, 0.6) is 0 Å². The highest BCUT2D eigenvalue weighted by molar-refractivity contribution is 7.80. The van der Waals surface area contributed by atoms with Gasteiger partial charge in [-0.25, -0.2) is 4.79 Å². The maximum Gasteiger partial charge on any atom is 0.408 e. The fourth-order valence-electron chi connectivity index (χ4n) is 3.03. The number of aryl methyl sites for hydroxylation is 1. The summed E-state index contributed by atoms with van der Waals surface area (Å²) in [6, 6.07) is 5.07. The second kappa shape index (κ2) is 13.6. The van der Waals surface area contributed by atoms with Crippen molar-refractivity contribution in [2.75, 3.05) is 26.0 Å². The molecule has 2 unspecified atom stereocenters. The van der Waals surface area contributed by atoms with Crippen molar-refractivity contribution >= 4 is 36.5 Å². The van der Waals surface area contributed by atoms with Crippen LogP contribution in [0.1, 0.15) is 44.9 Å². The summed E-state index contributed by atoms with van der Waals surface area (Å²) < 4.78 is 9.84. The second-order valence-electron chi connectivity index (χ2n) is 8.45. The third-order valence-corrected chi connectivity index (χ3v) is 5.04. The van der Waals surface area contributed by atoms with Crippen LogP contribution in [0.2, 0.25) is 0 Å². The lowest BCUT2D eigenvalue weighted by molar-refractivity contribution is -0.144. The lowest BCUT2D eigenvalue weighted by atomic mass is 10.0. The Balaban J connectivity index is 3.32. The number of methoxy groups -OCH3 is 1. The van der Waals surface area contributed by atoms with Gasteiger partial charge in [0.1, 0.15) is 24.2 Å². The zero-order chi connectivity index (χ0) is 25.9. The van der Waals surface area contributed by atoms with Crippen LogP contribution in [0.15, 0.2) is 36.9 Å². The van der Waals surface area contributed by atoms with Gasteiger partial charge in [-0.15, -0.1) is 6.58 Å². The van der Waals surface area contributed by atoms with Crippen molar-refractivity contribution in [1.82, 2.24) is 15.5 Å². The van der Waals surface area contributed by atoms with Crippen molar-refractivity contribution in [2.24, 2.45) is 0 Å². The van der Waals surface area contributed by atoms with E-state index < -0.39 is 41.6 Å². The quantitative estimate of drug-likeness (QED) is 0.248. The molecule has 9 nitrogen and oxygen atoms in total. The van der Waals surface area contributed by atoms with Gasteiger partial charge < -0.3 is 25.0 Å². The standard InChI is InChI=1S/C24H35N3O6S/c1-7-13-27(22(30)18(15-34)26-23(31)33-24(3,4)5)20(21(29)25-14-19(28)32-6)17-11-9-16(8-2)10-12-17/h7,9-12,18,20,34H,1,8,13-15H2,2-6H3,(H,25,29)(H,26,31). The predicted octanol–water partition coefficient (Wildman–Crippen LogP) is 2.42. The first-order valence-electron chi connectivity index (χ1n) is 10.9. The molecule has 0 aromatic heterocycles. The van der Waals surface area contributed by atoms with E-state index in [1.165, 1.54) is 18.1 Å². The van der Waals surface area contributed by atoms with Gasteiger partial charge in [0.2, 0.25) is 11.8 Å². The van der Waals surface area contributed by atoms with Crippen molar-refractivity contribution in [3.63, 3.8) is 0 Å². The molecule has 1 aromatic rings. The number of ether oxygens (including phenoxy) is 2. The molecule has 0 saturated carbocycles. The van der Waals surface area contributed by atoms with Crippen LogP contribution in [-0.2, 0) is 30.3 Å². The third kappa shape index (κ3) is 9.09. The van der Waals surface area contributed by atoms with E-state index in [1.54, 1.807) is 32.9 Å². The number of nitrogens with one attached hydrogen (secondary N) is 2. The van der Waals surface area contributed by atoms with E-state index in [2.05, 4.69) is 34.6 Å². The molecule has 0 saturated heterocycles. The number of esters is 1. The Labute approximate surface area is 206 Å². The van der Waals surface area contributed by atoms with Crippen LogP contribution in [-0.4, -0.2) is 66.4 Å². The van der Waals surface area contributed by atoms with Gasteiger partial charge in [0.15, 0.2) is 0 Å². The molecule has 0 aliphatic carbocycles. The number of rotatable bonds is 11. The molecule has 0 radical (unpaired) electrons. The molecular weight excluding hydrogens is 458 g/mol. The van der Waals surface area contributed by atoms with Gasteiger partial charge in [-0.1, -0.05) is 37.3 Å². The normalized spacial score (nSPS) is 12.6. The molecule has 2 N–H and O–H groups in total. The van der Waals surface area contributed by atoms with Gasteiger partial charge in [-0.3, -0.25) is 14.4 Å². The molecule has 1 rings (SSSR count). The van der Waals surface area contributed by atoms with E-state index >= 15 is 0 Å². The van der Waals surface area contributed by atoms with Crippen LogP contribution in [0.4, 0.5) is 4.79 Å². The van der Waals surface area contributed by atoms with Crippen molar-refractivity contribution in [3.8, 4) is 0 Å². The smallest absolute Gasteiger partial charge is 0.408 e. The molecule has 0 aliphatic heterocycles. The minimum absolute atomic E-state index is 0.00491. The van der Waals surface area contributed by atoms with Crippen LogP contribution in [0.25, 0.3) is 0 Å². The zero-order valence-corrected chi connectivity index (χ0v) is 21.3. The van der Waals surface area contributed by atoms with Gasteiger partial charge >= 0.3 is 12.1 Å². The molecule has 34 heavy (non-hydrogen) atoms. The van der Waals surface area contributed by atoms with E-state index in [0.717, 1.165) is 12.0 Å². The Morgan fingerprint density at radius 1 is 1.18 bits per heavy atom. The molecular formula is C24H35N3O6S. The second-order valence-corrected chi connectivity index (χ2v) is 8.82. The topological polar surface area (TPSA) is 114 Å². The third-order valence-electron chi connectivity index (χ3n) is 4.68. The van der Waals surface area contributed by atoms with Crippen LogP contribution in [0, 0.1) is 0 Å². The largest absolute Gasteiger partial charge is 0.468 e. The number of carbonyl (C=O) groups excluding carboxylic acids is 4. The summed E-state index contributed by atoms with van der Waals surface area (Å²) in [5.41, 5.74) is 0.829. The zero-order valence-electron chi connectivity index (χ0n) is 20.4. The number of hydrogen-bond donors (Lipinski definition) is 3. The van der Waals surface area contributed by atoms with Crippen LogP contribution in [0.3, 0.4) is 0 Å². The number of thiol groups is 1. The number of alkyl carbamates (subject to hydrolysis) is 1. The van der Waals surface area contributed by atoms with Gasteiger partial charge in [0.05, 0.1) is 7.11 Å². The number of benzene rings is 1. The average molecular weight is 494 g/mol. The van der Waals surface area contributed by atoms with Crippen molar-refractivity contribution in [1.29, 1.82) is 0 Å². The summed E-state index contributed by atoms with van der Waals surface area (Å²) in [6.45, 7) is 10.5. The summed E-state index contributed by atoms with van der Waals surface area (Å²) in [4.78, 5) is 51.8. The molecule has 0 fully saturated rings. The van der Waals surface area contributed by atoms with Gasteiger partial charge in [-0.2, -0.15) is 12.6 Å². The first-order chi connectivity index (χ1) is 16.0. The van der Waals surface area contributed by atoms with E-state index in [4.69, 9.17) is 4.74 Å². The summed E-state index contributed by atoms with van der Waals surface area (Å²) >= 11 is 4.21. The average Bonchev–Trinajstić information content (AvgIpc) is 2.79. The molecule has 0 aliphatic rings. The number of nitrogens with zero attached hydrogens (tertiary/aromatic N) is 1. The molecule has 0 heterocycles. The molecule has 10 heteroatoms. The summed E-state index contributed by atoms with van der Waals surface area (Å²) in [7, 11) is 1.21. The molecule has 2 atom stereocenters. The monoisotopic (exact) mass is 493 g/mol. The van der Waals surface area contributed by atoms with Crippen LogP contribution >= 0.6 is 12.6 Å². The Morgan fingerprint density at radius 3 is 2.26 bits per heavy atom. The summed E-state index contributed by atoms with van der Waals surface area (Å²) in [6.07, 6.45) is 1.50. The first kappa shape index (κ1) is 29.0.